The molecule has 1 aliphatic rings. The molecular formula is C13H14O3. The largest absolute Gasteiger partial charge is 0.508 e. The van der Waals surface area contributed by atoms with Crippen molar-refractivity contribution in [2.24, 2.45) is 0 Å². The molecule has 0 saturated heterocycles. The summed E-state index contributed by atoms with van der Waals surface area (Å²) in [5, 5.41) is 18.3. The molecule has 0 radical (unpaired) electrons. The number of aromatic hydroxyl groups is 1. The Morgan fingerprint density at radius 2 is 2.12 bits per heavy atom. The Morgan fingerprint density at radius 3 is 2.75 bits per heavy atom. The van der Waals surface area contributed by atoms with Gasteiger partial charge in [-0.3, -0.25) is 4.79 Å². The zero-order valence-electron chi connectivity index (χ0n) is 9.32. The van der Waals surface area contributed by atoms with E-state index in [1.54, 1.807) is 12.1 Å². The number of phenols is 1. The number of hydrogen-bond acceptors (Lipinski definition) is 2. The van der Waals surface area contributed by atoms with Crippen molar-refractivity contribution >= 4 is 11.5 Å². The summed E-state index contributed by atoms with van der Waals surface area (Å²) in [6.45, 7) is 4.01. The first-order valence-corrected chi connectivity index (χ1v) is 5.25. The van der Waals surface area contributed by atoms with E-state index in [9.17, 15) is 9.90 Å². The molecule has 3 heteroatoms. The molecule has 0 aliphatic heterocycles. The molecule has 0 saturated carbocycles. The molecule has 2 rings (SSSR count). The lowest BCUT2D eigenvalue weighted by atomic mass is 9.99. The van der Waals surface area contributed by atoms with Crippen molar-refractivity contribution in [3.05, 3.63) is 34.9 Å². The van der Waals surface area contributed by atoms with E-state index in [0.29, 0.717) is 0 Å². The van der Waals surface area contributed by atoms with Crippen LogP contribution < -0.4 is 0 Å². The van der Waals surface area contributed by atoms with E-state index in [2.05, 4.69) is 6.92 Å². The number of allylic oxidation sites excluding steroid dienone is 1. The van der Waals surface area contributed by atoms with Crippen LogP contribution in [0.1, 0.15) is 37.3 Å². The molecule has 1 aliphatic carbocycles. The number of fused-ring (bicyclic) bond motifs is 1. The second-order valence-corrected chi connectivity index (χ2v) is 4.23. The number of carbonyl (C=O) groups is 1. The Kier molecular flexibility index (Phi) is 2.46. The van der Waals surface area contributed by atoms with Crippen LogP contribution in [0.15, 0.2) is 23.8 Å². The third-order valence-corrected chi connectivity index (χ3v) is 3.28. The van der Waals surface area contributed by atoms with Gasteiger partial charge in [-0.25, -0.2) is 0 Å². The number of carboxylic acids is 1. The van der Waals surface area contributed by atoms with E-state index in [1.165, 1.54) is 0 Å². The third-order valence-electron chi connectivity index (χ3n) is 3.28. The first-order chi connectivity index (χ1) is 7.50. The van der Waals surface area contributed by atoms with Crippen LogP contribution in [0, 0.1) is 0 Å². The van der Waals surface area contributed by atoms with Crippen molar-refractivity contribution in [1.82, 2.24) is 0 Å². The smallest absolute Gasteiger partial charge is 0.307 e. The first kappa shape index (κ1) is 10.7. The molecule has 84 valence electrons. The highest BCUT2D eigenvalue weighted by atomic mass is 16.4. The maximum absolute atomic E-state index is 10.8. The lowest BCUT2D eigenvalue weighted by molar-refractivity contribution is -0.135. The van der Waals surface area contributed by atoms with Crippen LogP contribution in [-0.2, 0) is 4.79 Å². The van der Waals surface area contributed by atoms with Gasteiger partial charge in [0.15, 0.2) is 0 Å². The zero-order chi connectivity index (χ0) is 11.9. The average molecular weight is 218 g/mol. The summed E-state index contributed by atoms with van der Waals surface area (Å²) >= 11 is 0. The van der Waals surface area contributed by atoms with Gasteiger partial charge in [-0.05, 0) is 35.8 Å². The second kappa shape index (κ2) is 3.67. The summed E-state index contributed by atoms with van der Waals surface area (Å²) in [6.07, 6.45) is 0.0205. The summed E-state index contributed by atoms with van der Waals surface area (Å²) < 4.78 is 0. The molecule has 0 spiro atoms. The number of carboxylic acid groups (broad SMARTS) is 1. The van der Waals surface area contributed by atoms with E-state index >= 15 is 0 Å². The molecule has 1 atom stereocenters. The molecule has 1 aromatic carbocycles. The Labute approximate surface area is 94.0 Å². The Bertz CT molecular complexity index is 486. The minimum Gasteiger partial charge on any atom is -0.508 e. The molecular weight excluding hydrogens is 204 g/mol. The van der Waals surface area contributed by atoms with Crippen LogP contribution in [0.3, 0.4) is 0 Å². The third kappa shape index (κ3) is 1.58. The SMILES string of the molecule is CC1=C(CC(=O)O)c2cc(O)ccc2C1C. The Balaban J connectivity index is 2.53. The van der Waals surface area contributed by atoms with Gasteiger partial charge in [0.25, 0.3) is 0 Å². The normalized spacial score (nSPS) is 18.8. The zero-order valence-corrected chi connectivity index (χ0v) is 9.32. The van der Waals surface area contributed by atoms with Gasteiger partial charge in [-0.2, -0.15) is 0 Å². The first-order valence-electron chi connectivity index (χ1n) is 5.25. The molecule has 0 heterocycles. The Hall–Kier alpha value is -1.77. The molecule has 2 N–H and O–H groups in total. The second-order valence-electron chi connectivity index (χ2n) is 4.23. The number of benzene rings is 1. The summed E-state index contributed by atoms with van der Waals surface area (Å²) in [5.41, 5.74) is 3.91. The molecule has 3 nitrogen and oxygen atoms in total. The van der Waals surface area contributed by atoms with Crippen LogP contribution in [-0.4, -0.2) is 16.2 Å². The van der Waals surface area contributed by atoms with E-state index in [4.69, 9.17) is 5.11 Å². The summed E-state index contributed by atoms with van der Waals surface area (Å²) in [7, 11) is 0. The standard InChI is InChI=1S/C13H14O3/c1-7-8(2)11(6-13(15)16)12-5-9(14)3-4-10(7)12/h3-5,7,14H,6H2,1-2H3,(H,15,16). The van der Waals surface area contributed by atoms with Crippen molar-refractivity contribution in [1.29, 1.82) is 0 Å². The molecule has 0 aromatic heterocycles. The van der Waals surface area contributed by atoms with Gasteiger partial charge in [-0.1, -0.05) is 18.6 Å². The lowest BCUT2D eigenvalue weighted by Gasteiger charge is -2.06. The number of rotatable bonds is 2. The molecule has 0 amide bonds. The van der Waals surface area contributed by atoms with Crippen molar-refractivity contribution in [2.75, 3.05) is 0 Å². The van der Waals surface area contributed by atoms with Crippen molar-refractivity contribution in [2.45, 2.75) is 26.2 Å². The number of hydrogen-bond donors (Lipinski definition) is 2. The quantitative estimate of drug-likeness (QED) is 0.802. The van der Waals surface area contributed by atoms with Crippen LogP contribution in [0.2, 0.25) is 0 Å². The van der Waals surface area contributed by atoms with E-state index in [1.807, 2.05) is 13.0 Å². The molecule has 1 aromatic rings. The summed E-state index contributed by atoms with van der Waals surface area (Å²) in [6, 6.07) is 5.17. The van der Waals surface area contributed by atoms with Crippen LogP contribution in [0.5, 0.6) is 5.75 Å². The highest BCUT2D eigenvalue weighted by molar-refractivity contribution is 5.89. The fourth-order valence-electron chi connectivity index (χ4n) is 2.28. The maximum atomic E-state index is 10.8. The van der Waals surface area contributed by atoms with Gasteiger partial charge in [0.05, 0.1) is 6.42 Å². The monoisotopic (exact) mass is 218 g/mol. The fraction of sp³-hybridized carbons (Fsp3) is 0.308. The minimum absolute atomic E-state index is 0.0205. The van der Waals surface area contributed by atoms with E-state index in [-0.39, 0.29) is 18.1 Å². The van der Waals surface area contributed by atoms with Crippen LogP contribution in [0.4, 0.5) is 0 Å². The predicted octanol–water partition coefficient (Wildman–Crippen LogP) is 2.76. The highest BCUT2D eigenvalue weighted by Gasteiger charge is 2.26. The minimum atomic E-state index is -0.835. The summed E-state index contributed by atoms with van der Waals surface area (Å²) in [5.74, 6) is -0.411. The van der Waals surface area contributed by atoms with Crippen LogP contribution >= 0.6 is 0 Å². The topological polar surface area (TPSA) is 57.5 Å². The van der Waals surface area contributed by atoms with Gasteiger partial charge in [-0.15, -0.1) is 0 Å². The molecule has 0 bridgehead atoms. The van der Waals surface area contributed by atoms with Gasteiger partial charge in [0.2, 0.25) is 0 Å². The van der Waals surface area contributed by atoms with Gasteiger partial charge >= 0.3 is 5.97 Å². The predicted molar refractivity (Wildman–Crippen MR) is 61.4 cm³/mol. The van der Waals surface area contributed by atoms with Crippen molar-refractivity contribution in [3.8, 4) is 5.75 Å². The molecule has 1 unspecified atom stereocenters. The van der Waals surface area contributed by atoms with Crippen molar-refractivity contribution < 1.29 is 15.0 Å². The number of aliphatic carboxylic acids is 1. The summed E-state index contributed by atoms with van der Waals surface area (Å²) in [4.78, 5) is 10.8. The van der Waals surface area contributed by atoms with E-state index in [0.717, 1.165) is 22.3 Å². The highest BCUT2D eigenvalue weighted by Crippen LogP contribution is 2.43. The van der Waals surface area contributed by atoms with Crippen molar-refractivity contribution in [3.63, 3.8) is 0 Å². The molecule has 0 fully saturated rings. The average Bonchev–Trinajstić information content (AvgIpc) is 2.43. The van der Waals surface area contributed by atoms with Gasteiger partial charge in [0.1, 0.15) is 5.75 Å². The Morgan fingerprint density at radius 1 is 1.44 bits per heavy atom. The van der Waals surface area contributed by atoms with Crippen LogP contribution in [0.25, 0.3) is 5.57 Å². The lowest BCUT2D eigenvalue weighted by Crippen LogP contribution is -1.96. The van der Waals surface area contributed by atoms with Gasteiger partial charge < -0.3 is 10.2 Å². The fourth-order valence-corrected chi connectivity index (χ4v) is 2.28. The van der Waals surface area contributed by atoms with E-state index < -0.39 is 5.97 Å². The number of phenolic OH excluding ortho intramolecular Hbond substituents is 1. The maximum Gasteiger partial charge on any atom is 0.307 e. The van der Waals surface area contributed by atoms with Gasteiger partial charge in [0, 0.05) is 5.92 Å². The molecule has 16 heavy (non-hydrogen) atoms.